The average molecular weight is 302 g/mol. The lowest BCUT2D eigenvalue weighted by atomic mass is 10.2. The van der Waals surface area contributed by atoms with Gasteiger partial charge in [-0.25, -0.2) is 14.8 Å². The van der Waals surface area contributed by atoms with Gasteiger partial charge in [-0.2, -0.15) is 0 Å². The molecule has 0 aliphatic carbocycles. The second-order valence-electron chi connectivity index (χ2n) is 4.42. The normalized spacial score (nSPS) is 11.1. The quantitative estimate of drug-likeness (QED) is 0.842. The monoisotopic (exact) mass is 301 g/mol. The van der Waals surface area contributed by atoms with E-state index in [1.807, 2.05) is 27.7 Å². The number of ether oxygens (including phenoxy) is 1. The summed E-state index contributed by atoms with van der Waals surface area (Å²) < 4.78 is 5.91. The molecule has 0 fully saturated rings. The Kier molecular flexibility index (Phi) is 4.45. The number of aromatic nitrogens is 2. The van der Waals surface area contributed by atoms with Crippen molar-refractivity contribution < 1.29 is 9.53 Å². The summed E-state index contributed by atoms with van der Waals surface area (Å²) in [5.74, 6) is 0.477. The maximum Gasteiger partial charge on any atom is 0.416 e. The number of anilines is 1. The van der Waals surface area contributed by atoms with Gasteiger partial charge in [-0.3, -0.25) is 4.90 Å². The van der Waals surface area contributed by atoms with E-state index in [0.29, 0.717) is 17.0 Å². The molecule has 94 valence electrons. The molecule has 1 rings (SSSR count). The van der Waals surface area contributed by atoms with Crippen LogP contribution in [0.1, 0.15) is 27.7 Å². The van der Waals surface area contributed by atoms with Crippen LogP contribution in [0, 0.1) is 0 Å². The third-order valence-corrected chi connectivity index (χ3v) is 2.22. The molecule has 0 bridgehead atoms. The molecule has 17 heavy (non-hydrogen) atoms. The SMILES string of the molecule is CCN(C(=O)OC(C)(C)C)c1cnc(Br)cn1. The fourth-order valence-electron chi connectivity index (χ4n) is 1.15. The van der Waals surface area contributed by atoms with Gasteiger partial charge in [-0.15, -0.1) is 0 Å². The number of halogens is 1. The highest BCUT2D eigenvalue weighted by molar-refractivity contribution is 9.10. The van der Waals surface area contributed by atoms with Crippen LogP contribution in [0.3, 0.4) is 0 Å². The fraction of sp³-hybridized carbons (Fsp3) is 0.545. The molecule has 0 atom stereocenters. The molecule has 0 unspecified atom stereocenters. The van der Waals surface area contributed by atoms with Crippen LogP contribution in [0.4, 0.5) is 10.6 Å². The van der Waals surface area contributed by atoms with Gasteiger partial charge in [0.25, 0.3) is 0 Å². The number of rotatable bonds is 2. The Morgan fingerprint density at radius 3 is 2.47 bits per heavy atom. The zero-order valence-corrected chi connectivity index (χ0v) is 12.0. The second-order valence-corrected chi connectivity index (χ2v) is 5.23. The molecule has 0 aromatic carbocycles. The average Bonchev–Trinajstić information content (AvgIpc) is 2.19. The molecule has 0 saturated carbocycles. The van der Waals surface area contributed by atoms with E-state index in [1.165, 1.54) is 11.1 Å². The minimum Gasteiger partial charge on any atom is -0.443 e. The van der Waals surface area contributed by atoms with E-state index in [4.69, 9.17) is 4.74 Å². The number of hydrogen-bond acceptors (Lipinski definition) is 4. The molecule has 0 saturated heterocycles. The van der Waals surface area contributed by atoms with Gasteiger partial charge in [-0.1, -0.05) is 0 Å². The third-order valence-electron chi connectivity index (χ3n) is 1.81. The number of carbonyl (C=O) groups is 1. The van der Waals surface area contributed by atoms with Crippen molar-refractivity contribution in [3.05, 3.63) is 17.0 Å². The molecule has 1 aromatic heterocycles. The topological polar surface area (TPSA) is 55.3 Å². The van der Waals surface area contributed by atoms with Crippen LogP contribution >= 0.6 is 15.9 Å². The first-order chi connectivity index (χ1) is 7.83. The fourth-order valence-corrected chi connectivity index (χ4v) is 1.35. The van der Waals surface area contributed by atoms with Crippen LogP contribution in [-0.4, -0.2) is 28.2 Å². The molecule has 0 spiro atoms. The van der Waals surface area contributed by atoms with Crippen molar-refractivity contribution in [2.45, 2.75) is 33.3 Å². The first-order valence-electron chi connectivity index (χ1n) is 5.31. The van der Waals surface area contributed by atoms with Crippen LogP contribution < -0.4 is 4.90 Å². The van der Waals surface area contributed by atoms with Crippen LogP contribution in [0.15, 0.2) is 17.0 Å². The van der Waals surface area contributed by atoms with E-state index >= 15 is 0 Å². The molecule has 0 radical (unpaired) electrons. The number of hydrogen-bond donors (Lipinski definition) is 0. The van der Waals surface area contributed by atoms with Gasteiger partial charge < -0.3 is 4.74 Å². The smallest absolute Gasteiger partial charge is 0.416 e. The predicted molar refractivity (Wildman–Crippen MR) is 69.0 cm³/mol. The Morgan fingerprint density at radius 1 is 1.41 bits per heavy atom. The predicted octanol–water partition coefficient (Wildman–Crippen LogP) is 3.00. The van der Waals surface area contributed by atoms with Crippen molar-refractivity contribution in [2.24, 2.45) is 0 Å². The Hall–Kier alpha value is -1.17. The number of amides is 1. The van der Waals surface area contributed by atoms with Gasteiger partial charge in [0.15, 0.2) is 5.82 Å². The molecule has 6 heteroatoms. The summed E-state index contributed by atoms with van der Waals surface area (Å²) in [6.45, 7) is 7.81. The second kappa shape index (κ2) is 5.44. The highest BCUT2D eigenvalue weighted by Gasteiger charge is 2.23. The lowest BCUT2D eigenvalue weighted by molar-refractivity contribution is 0.0581. The summed E-state index contributed by atoms with van der Waals surface area (Å²) in [4.78, 5) is 21.5. The maximum absolute atomic E-state index is 11.9. The van der Waals surface area contributed by atoms with E-state index in [-0.39, 0.29) is 0 Å². The summed E-state index contributed by atoms with van der Waals surface area (Å²) in [5, 5.41) is 0. The van der Waals surface area contributed by atoms with Gasteiger partial charge in [-0.05, 0) is 43.6 Å². The first kappa shape index (κ1) is 13.9. The largest absolute Gasteiger partial charge is 0.443 e. The zero-order valence-electron chi connectivity index (χ0n) is 10.4. The summed E-state index contributed by atoms with van der Waals surface area (Å²) in [6, 6.07) is 0. The van der Waals surface area contributed by atoms with Gasteiger partial charge in [0.2, 0.25) is 0 Å². The van der Waals surface area contributed by atoms with E-state index in [9.17, 15) is 4.79 Å². The highest BCUT2D eigenvalue weighted by Crippen LogP contribution is 2.16. The molecule has 5 nitrogen and oxygen atoms in total. The molecule has 1 aromatic rings. The Bertz CT molecular complexity index is 387. The Morgan fingerprint density at radius 2 is 2.06 bits per heavy atom. The minimum atomic E-state index is -0.521. The number of carbonyl (C=O) groups excluding carboxylic acids is 1. The zero-order chi connectivity index (χ0) is 13.1. The van der Waals surface area contributed by atoms with Crippen LogP contribution in [0.5, 0.6) is 0 Å². The van der Waals surface area contributed by atoms with E-state index in [2.05, 4.69) is 25.9 Å². The van der Waals surface area contributed by atoms with E-state index in [0.717, 1.165) is 0 Å². The van der Waals surface area contributed by atoms with Crippen molar-refractivity contribution >= 4 is 27.8 Å². The molecular formula is C11H16BrN3O2. The molecular weight excluding hydrogens is 286 g/mol. The van der Waals surface area contributed by atoms with Crippen LogP contribution in [0.2, 0.25) is 0 Å². The van der Waals surface area contributed by atoms with Gasteiger partial charge in [0, 0.05) is 6.54 Å². The third kappa shape index (κ3) is 4.30. The van der Waals surface area contributed by atoms with E-state index < -0.39 is 11.7 Å². The molecule has 0 N–H and O–H groups in total. The lowest BCUT2D eigenvalue weighted by Gasteiger charge is -2.25. The van der Waals surface area contributed by atoms with Gasteiger partial charge in [0.1, 0.15) is 10.2 Å². The van der Waals surface area contributed by atoms with Gasteiger partial charge >= 0.3 is 6.09 Å². The van der Waals surface area contributed by atoms with Gasteiger partial charge in [0.05, 0.1) is 12.4 Å². The number of nitrogens with zero attached hydrogens (tertiary/aromatic N) is 3. The first-order valence-corrected chi connectivity index (χ1v) is 6.11. The standard InChI is InChI=1S/C11H16BrN3O2/c1-5-15(10(16)17-11(2,3)4)9-7-13-8(12)6-14-9/h6-7H,5H2,1-4H3. The summed E-state index contributed by atoms with van der Waals surface area (Å²) in [5.41, 5.74) is -0.521. The highest BCUT2D eigenvalue weighted by atomic mass is 79.9. The molecule has 1 amide bonds. The van der Waals surface area contributed by atoms with Crippen LogP contribution in [0.25, 0.3) is 0 Å². The molecule has 0 aliphatic heterocycles. The summed E-state index contributed by atoms with van der Waals surface area (Å²) in [6.07, 6.45) is 2.65. The summed E-state index contributed by atoms with van der Waals surface area (Å²) >= 11 is 3.19. The maximum atomic E-state index is 11.9. The van der Waals surface area contributed by atoms with Crippen molar-refractivity contribution in [1.29, 1.82) is 0 Å². The molecule has 1 heterocycles. The van der Waals surface area contributed by atoms with Crippen molar-refractivity contribution in [2.75, 3.05) is 11.4 Å². The Balaban J connectivity index is 2.84. The van der Waals surface area contributed by atoms with E-state index in [1.54, 1.807) is 6.20 Å². The summed E-state index contributed by atoms with van der Waals surface area (Å²) in [7, 11) is 0. The van der Waals surface area contributed by atoms with Crippen molar-refractivity contribution in [3.8, 4) is 0 Å². The van der Waals surface area contributed by atoms with Crippen molar-refractivity contribution in [1.82, 2.24) is 9.97 Å². The minimum absolute atomic E-state index is 0.420. The lowest BCUT2D eigenvalue weighted by Crippen LogP contribution is -2.37. The Labute approximate surface area is 109 Å². The van der Waals surface area contributed by atoms with Crippen LogP contribution in [-0.2, 0) is 4.74 Å². The van der Waals surface area contributed by atoms with Crippen molar-refractivity contribution in [3.63, 3.8) is 0 Å². The molecule has 0 aliphatic rings.